The summed E-state index contributed by atoms with van der Waals surface area (Å²) in [5.74, 6) is 0.835. The highest BCUT2D eigenvalue weighted by Crippen LogP contribution is 2.41. The number of carbonyl (C=O) groups excluding carboxylic acids is 1. The molecule has 0 saturated carbocycles. The van der Waals surface area contributed by atoms with E-state index in [2.05, 4.69) is 0 Å². The minimum absolute atomic E-state index is 0.0605. The molecule has 112 valence electrons. The fraction of sp³-hybridized carbons (Fsp3) is 0.0500. The second kappa shape index (κ2) is 4.99. The zero-order chi connectivity index (χ0) is 16.0. The van der Waals surface area contributed by atoms with Crippen LogP contribution in [0.1, 0.15) is 15.9 Å². The first-order valence-corrected chi connectivity index (χ1v) is 7.35. The Morgan fingerprint density at radius 2 is 1.74 bits per heavy atom. The van der Waals surface area contributed by atoms with Crippen molar-refractivity contribution in [3.8, 4) is 22.6 Å². The number of ketones is 1. The van der Waals surface area contributed by atoms with E-state index in [-0.39, 0.29) is 11.5 Å². The molecule has 0 unspecified atom stereocenters. The smallest absolute Gasteiger partial charge is 0.187 e. The summed E-state index contributed by atoms with van der Waals surface area (Å²) in [4.78, 5) is 12.6. The van der Waals surface area contributed by atoms with Crippen molar-refractivity contribution in [1.82, 2.24) is 0 Å². The van der Waals surface area contributed by atoms with E-state index in [1.807, 2.05) is 42.5 Å². The summed E-state index contributed by atoms with van der Waals surface area (Å²) >= 11 is 0. The number of aromatic hydroxyl groups is 1. The molecule has 0 spiro atoms. The van der Waals surface area contributed by atoms with Gasteiger partial charge in [0.1, 0.15) is 11.5 Å². The third-order valence-electron chi connectivity index (χ3n) is 4.25. The lowest BCUT2D eigenvalue weighted by atomic mass is 9.86. The number of methoxy groups -OCH3 is 1. The summed E-state index contributed by atoms with van der Waals surface area (Å²) < 4.78 is 5.44. The number of phenols is 1. The van der Waals surface area contributed by atoms with Crippen molar-refractivity contribution in [2.75, 3.05) is 7.11 Å². The maximum absolute atomic E-state index is 12.6. The summed E-state index contributed by atoms with van der Waals surface area (Å²) in [5, 5.41) is 11.6. The van der Waals surface area contributed by atoms with Gasteiger partial charge in [0.25, 0.3) is 0 Å². The Balaban J connectivity index is 2.14. The van der Waals surface area contributed by atoms with Gasteiger partial charge in [-0.2, -0.15) is 0 Å². The molecule has 3 aromatic rings. The summed E-state index contributed by atoms with van der Waals surface area (Å²) in [6.07, 6.45) is 3.37. The van der Waals surface area contributed by atoms with Crippen molar-refractivity contribution in [3.05, 3.63) is 65.7 Å². The van der Waals surface area contributed by atoms with Gasteiger partial charge in [0.05, 0.1) is 7.11 Å². The van der Waals surface area contributed by atoms with E-state index in [4.69, 9.17) is 4.74 Å². The van der Waals surface area contributed by atoms with Crippen molar-refractivity contribution >= 4 is 22.6 Å². The molecule has 1 aliphatic carbocycles. The number of hydrogen-bond donors (Lipinski definition) is 1. The van der Waals surface area contributed by atoms with Crippen molar-refractivity contribution in [1.29, 1.82) is 0 Å². The molecule has 1 aliphatic rings. The van der Waals surface area contributed by atoms with E-state index in [0.29, 0.717) is 16.7 Å². The van der Waals surface area contributed by atoms with Gasteiger partial charge in [-0.3, -0.25) is 4.79 Å². The number of allylic oxidation sites excluding steroid dienone is 1. The quantitative estimate of drug-likeness (QED) is 0.761. The number of benzene rings is 3. The summed E-state index contributed by atoms with van der Waals surface area (Å²) in [6.45, 7) is 0. The molecule has 3 nitrogen and oxygen atoms in total. The van der Waals surface area contributed by atoms with E-state index in [1.165, 1.54) is 0 Å². The van der Waals surface area contributed by atoms with Gasteiger partial charge >= 0.3 is 0 Å². The minimum Gasteiger partial charge on any atom is -0.507 e. The van der Waals surface area contributed by atoms with Crippen LogP contribution >= 0.6 is 0 Å². The SMILES string of the molecule is COc1ccccc1-c1ccc2c(O)ccc3c2c1C(=O)C=C3. The van der Waals surface area contributed by atoms with Gasteiger partial charge < -0.3 is 9.84 Å². The minimum atomic E-state index is -0.0605. The standard InChI is InChI=1S/C20H14O3/c1-23-18-5-3-2-4-13(18)14-8-9-15-16(21)10-6-12-7-11-17(22)20(14)19(12)15/h2-11,21H,1H3. The van der Waals surface area contributed by atoms with Crippen LogP contribution in [0.15, 0.2) is 54.6 Å². The van der Waals surface area contributed by atoms with Crippen LogP contribution in [0.2, 0.25) is 0 Å². The lowest BCUT2D eigenvalue weighted by Gasteiger charge is -2.18. The molecule has 0 heterocycles. The van der Waals surface area contributed by atoms with Crippen LogP contribution in [0, 0.1) is 0 Å². The van der Waals surface area contributed by atoms with Crippen molar-refractivity contribution < 1.29 is 14.6 Å². The van der Waals surface area contributed by atoms with Crippen LogP contribution in [-0.2, 0) is 0 Å². The van der Waals surface area contributed by atoms with Crippen LogP contribution in [-0.4, -0.2) is 18.0 Å². The molecule has 0 atom stereocenters. The Kier molecular flexibility index (Phi) is 2.95. The average Bonchev–Trinajstić information content (AvgIpc) is 2.60. The molecule has 0 aromatic heterocycles. The largest absolute Gasteiger partial charge is 0.507 e. The molecular weight excluding hydrogens is 288 g/mol. The van der Waals surface area contributed by atoms with Gasteiger partial charge in [-0.1, -0.05) is 36.4 Å². The number of phenolic OH excluding ortho intramolecular Hbond substituents is 1. The monoisotopic (exact) mass is 302 g/mol. The predicted octanol–water partition coefficient (Wildman–Crippen LogP) is 4.43. The predicted molar refractivity (Wildman–Crippen MR) is 91.0 cm³/mol. The fourth-order valence-electron chi connectivity index (χ4n) is 3.19. The Morgan fingerprint density at radius 3 is 2.57 bits per heavy atom. The number of para-hydroxylation sites is 1. The molecule has 4 rings (SSSR count). The van der Waals surface area contributed by atoms with Crippen molar-refractivity contribution in [2.24, 2.45) is 0 Å². The molecule has 0 fully saturated rings. The number of rotatable bonds is 2. The van der Waals surface area contributed by atoms with E-state index in [1.54, 1.807) is 25.3 Å². The first kappa shape index (κ1) is 13.6. The highest BCUT2D eigenvalue weighted by molar-refractivity contribution is 6.24. The van der Waals surface area contributed by atoms with Gasteiger partial charge in [-0.05, 0) is 35.4 Å². The molecule has 0 bridgehead atoms. The molecule has 23 heavy (non-hydrogen) atoms. The van der Waals surface area contributed by atoms with Gasteiger partial charge in [0, 0.05) is 21.9 Å². The van der Waals surface area contributed by atoms with E-state index < -0.39 is 0 Å². The zero-order valence-corrected chi connectivity index (χ0v) is 12.5. The van der Waals surface area contributed by atoms with Gasteiger partial charge in [-0.25, -0.2) is 0 Å². The number of carbonyl (C=O) groups is 1. The Bertz CT molecular complexity index is 984. The summed E-state index contributed by atoms with van der Waals surface area (Å²) in [5.41, 5.74) is 3.23. The molecule has 0 radical (unpaired) electrons. The lowest BCUT2D eigenvalue weighted by molar-refractivity contribution is 0.104. The van der Waals surface area contributed by atoms with Crippen LogP contribution < -0.4 is 4.74 Å². The highest BCUT2D eigenvalue weighted by atomic mass is 16.5. The summed E-state index contributed by atoms with van der Waals surface area (Å²) in [6, 6.07) is 14.8. The molecule has 1 N–H and O–H groups in total. The second-order valence-electron chi connectivity index (χ2n) is 5.48. The van der Waals surface area contributed by atoms with Crippen LogP contribution in [0.5, 0.6) is 11.5 Å². The molecule has 0 amide bonds. The zero-order valence-electron chi connectivity index (χ0n) is 12.5. The van der Waals surface area contributed by atoms with Gasteiger partial charge in [0.15, 0.2) is 5.78 Å². The van der Waals surface area contributed by atoms with Crippen molar-refractivity contribution in [3.63, 3.8) is 0 Å². The first-order valence-electron chi connectivity index (χ1n) is 7.35. The third-order valence-corrected chi connectivity index (χ3v) is 4.25. The van der Waals surface area contributed by atoms with E-state index in [0.717, 1.165) is 22.1 Å². The Hall–Kier alpha value is -3.07. The number of ether oxygens (including phenoxy) is 1. The topological polar surface area (TPSA) is 46.5 Å². The Labute approximate surface area is 133 Å². The van der Waals surface area contributed by atoms with E-state index in [9.17, 15) is 9.90 Å². The van der Waals surface area contributed by atoms with Gasteiger partial charge in [0.2, 0.25) is 0 Å². The van der Waals surface area contributed by atoms with Crippen LogP contribution in [0.25, 0.3) is 28.0 Å². The van der Waals surface area contributed by atoms with E-state index >= 15 is 0 Å². The third kappa shape index (κ3) is 1.94. The molecule has 0 saturated heterocycles. The highest BCUT2D eigenvalue weighted by Gasteiger charge is 2.22. The van der Waals surface area contributed by atoms with Gasteiger partial charge in [-0.15, -0.1) is 0 Å². The second-order valence-corrected chi connectivity index (χ2v) is 5.48. The van der Waals surface area contributed by atoms with Crippen LogP contribution in [0.3, 0.4) is 0 Å². The maximum atomic E-state index is 12.6. The molecule has 3 aromatic carbocycles. The average molecular weight is 302 g/mol. The molecular formula is C20H14O3. The van der Waals surface area contributed by atoms with Crippen LogP contribution in [0.4, 0.5) is 0 Å². The Morgan fingerprint density at radius 1 is 0.913 bits per heavy atom. The first-order chi connectivity index (χ1) is 11.2. The molecule has 0 aliphatic heterocycles. The maximum Gasteiger partial charge on any atom is 0.187 e. The normalized spacial score (nSPS) is 12.7. The lowest BCUT2D eigenvalue weighted by Crippen LogP contribution is -2.05. The fourth-order valence-corrected chi connectivity index (χ4v) is 3.19. The van der Waals surface area contributed by atoms with Crippen molar-refractivity contribution in [2.45, 2.75) is 0 Å². The summed E-state index contributed by atoms with van der Waals surface area (Å²) in [7, 11) is 1.62. The molecule has 3 heteroatoms. The number of hydrogen-bond acceptors (Lipinski definition) is 3.